The number of piperidine rings is 1. The molecule has 1 aliphatic heterocycles. The lowest BCUT2D eigenvalue weighted by Crippen LogP contribution is -2.53. The molecule has 0 bridgehead atoms. The number of nitrogens with one attached hydrogen (secondary N) is 1. The molecule has 4 heteroatoms. The lowest BCUT2D eigenvalue weighted by molar-refractivity contribution is 0.128. The molecule has 122 valence electrons. The lowest BCUT2D eigenvalue weighted by Gasteiger charge is -2.40. The number of amides is 2. The second-order valence-corrected chi connectivity index (χ2v) is 8.37. The molecule has 0 aromatic heterocycles. The molecule has 2 aliphatic rings. The van der Waals surface area contributed by atoms with E-state index in [4.69, 9.17) is 5.73 Å². The molecular formula is C17H33N3O. The average molecular weight is 295 g/mol. The molecule has 1 heterocycles. The molecule has 3 N–H and O–H groups in total. The Labute approximate surface area is 129 Å². The second kappa shape index (κ2) is 6.99. The summed E-state index contributed by atoms with van der Waals surface area (Å²) >= 11 is 0. The van der Waals surface area contributed by atoms with E-state index in [2.05, 4.69) is 26.1 Å². The lowest BCUT2D eigenvalue weighted by atomic mass is 9.80. The van der Waals surface area contributed by atoms with Gasteiger partial charge in [0, 0.05) is 19.1 Å². The van der Waals surface area contributed by atoms with Crippen LogP contribution in [0.3, 0.4) is 0 Å². The van der Waals surface area contributed by atoms with E-state index in [-0.39, 0.29) is 6.03 Å². The number of nitrogens with two attached hydrogens (primary N) is 1. The molecule has 4 nitrogen and oxygen atoms in total. The third kappa shape index (κ3) is 5.50. The number of likely N-dealkylation sites (tertiary alicyclic amines) is 1. The van der Waals surface area contributed by atoms with Crippen LogP contribution in [0, 0.1) is 17.3 Å². The fourth-order valence-corrected chi connectivity index (χ4v) is 4.09. The van der Waals surface area contributed by atoms with Crippen LogP contribution in [0.15, 0.2) is 0 Å². The number of urea groups is 1. The van der Waals surface area contributed by atoms with Crippen molar-refractivity contribution in [3.63, 3.8) is 0 Å². The molecule has 1 saturated heterocycles. The standard InChI is InChI=1S/C17H33N3O/c1-17(2,3)9-14-8-15(12-20(11-14)16(18)21)19-10-13-6-4-5-7-13/h13-15,19H,4-12H2,1-3H3,(H2,18,21). The number of carbonyl (C=O) groups excluding carboxylic acids is 1. The second-order valence-electron chi connectivity index (χ2n) is 8.37. The summed E-state index contributed by atoms with van der Waals surface area (Å²) in [5, 5.41) is 3.71. The summed E-state index contributed by atoms with van der Waals surface area (Å²) in [5.74, 6) is 1.40. The first kappa shape index (κ1) is 16.6. The first-order valence-electron chi connectivity index (χ1n) is 8.61. The molecule has 0 aromatic carbocycles. The summed E-state index contributed by atoms with van der Waals surface area (Å²) in [6.07, 6.45) is 7.83. The molecule has 0 aromatic rings. The Balaban J connectivity index is 1.87. The summed E-state index contributed by atoms with van der Waals surface area (Å²) in [4.78, 5) is 13.4. The minimum atomic E-state index is -0.263. The summed E-state index contributed by atoms with van der Waals surface area (Å²) in [6, 6.07) is 0.153. The number of carbonyl (C=O) groups is 1. The first-order chi connectivity index (χ1) is 9.83. The summed E-state index contributed by atoms with van der Waals surface area (Å²) < 4.78 is 0. The van der Waals surface area contributed by atoms with Gasteiger partial charge in [-0.1, -0.05) is 33.6 Å². The van der Waals surface area contributed by atoms with Crippen molar-refractivity contribution in [3.05, 3.63) is 0 Å². The van der Waals surface area contributed by atoms with Crippen LogP contribution >= 0.6 is 0 Å². The van der Waals surface area contributed by atoms with Crippen molar-refractivity contribution in [3.8, 4) is 0 Å². The fourth-order valence-electron chi connectivity index (χ4n) is 4.09. The van der Waals surface area contributed by atoms with Crippen LogP contribution in [-0.2, 0) is 0 Å². The molecule has 0 radical (unpaired) electrons. The third-order valence-electron chi connectivity index (χ3n) is 4.92. The van der Waals surface area contributed by atoms with E-state index < -0.39 is 0 Å². The highest BCUT2D eigenvalue weighted by molar-refractivity contribution is 5.72. The molecule has 1 aliphatic carbocycles. The minimum absolute atomic E-state index is 0.263. The zero-order chi connectivity index (χ0) is 15.5. The van der Waals surface area contributed by atoms with Crippen LogP contribution < -0.4 is 11.1 Å². The highest BCUT2D eigenvalue weighted by atomic mass is 16.2. The van der Waals surface area contributed by atoms with Crippen molar-refractivity contribution in [1.29, 1.82) is 0 Å². The van der Waals surface area contributed by atoms with Crippen LogP contribution in [0.4, 0.5) is 4.79 Å². The van der Waals surface area contributed by atoms with Crippen molar-refractivity contribution < 1.29 is 4.79 Å². The number of hydrogen-bond acceptors (Lipinski definition) is 2. The number of primary amides is 1. The summed E-state index contributed by atoms with van der Waals surface area (Å²) in [7, 11) is 0. The van der Waals surface area contributed by atoms with Crippen LogP contribution in [0.2, 0.25) is 0 Å². The maximum Gasteiger partial charge on any atom is 0.314 e. The Hall–Kier alpha value is -0.770. The predicted octanol–water partition coefficient (Wildman–Crippen LogP) is 2.97. The maximum absolute atomic E-state index is 11.6. The van der Waals surface area contributed by atoms with E-state index in [9.17, 15) is 4.79 Å². The third-order valence-corrected chi connectivity index (χ3v) is 4.92. The Kier molecular flexibility index (Phi) is 5.53. The normalized spacial score (nSPS) is 28.0. The van der Waals surface area contributed by atoms with Gasteiger partial charge in [0.2, 0.25) is 0 Å². The fraction of sp³-hybridized carbons (Fsp3) is 0.941. The number of rotatable bonds is 4. The highest BCUT2D eigenvalue weighted by Gasteiger charge is 2.31. The predicted molar refractivity (Wildman–Crippen MR) is 87.1 cm³/mol. The van der Waals surface area contributed by atoms with Crippen LogP contribution in [0.25, 0.3) is 0 Å². The van der Waals surface area contributed by atoms with E-state index in [0.717, 1.165) is 32.0 Å². The molecule has 2 unspecified atom stereocenters. The van der Waals surface area contributed by atoms with Crippen LogP contribution in [0.1, 0.15) is 59.3 Å². The van der Waals surface area contributed by atoms with E-state index in [0.29, 0.717) is 17.4 Å². The van der Waals surface area contributed by atoms with Crippen molar-refractivity contribution in [2.24, 2.45) is 23.0 Å². The maximum atomic E-state index is 11.6. The Morgan fingerprint density at radius 3 is 2.43 bits per heavy atom. The molecule has 0 spiro atoms. The topological polar surface area (TPSA) is 58.4 Å². The number of hydrogen-bond donors (Lipinski definition) is 2. The smallest absolute Gasteiger partial charge is 0.314 e. The minimum Gasteiger partial charge on any atom is -0.351 e. The summed E-state index contributed by atoms with van der Waals surface area (Å²) in [6.45, 7) is 9.54. The Morgan fingerprint density at radius 1 is 1.19 bits per heavy atom. The van der Waals surface area contributed by atoms with Crippen molar-refractivity contribution >= 4 is 6.03 Å². The first-order valence-corrected chi connectivity index (χ1v) is 8.61. The zero-order valence-electron chi connectivity index (χ0n) is 14.0. The SMILES string of the molecule is CC(C)(C)CC1CC(NCC2CCCC2)CN(C(N)=O)C1. The van der Waals surface area contributed by atoms with Gasteiger partial charge in [0.05, 0.1) is 0 Å². The van der Waals surface area contributed by atoms with Crippen molar-refractivity contribution in [2.45, 2.75) is 65.3 Å². The van der Waals surface area contributed by atoms with Gasteiger partial charge < -0.3 is 16.0 Å². The van der Waals surface area contributed by atoms with Crippen molar-refractivity contribution in [1.82, 2.24) is 10.2 Å². The van der Waals surface area contributed by atoms with E-state index in [1.54, 1.807) is 0 Å². The summed E-state index contributed by atoms with van der Waals surface area (Å²) in [5.41, 5.74) is 5.84. The van der Waals surface area contributed by atoms with Gasteiger partial charge in [-0.05, 0) is 49.5 Å². The molecule has 2 atom stereocenters. The van der Waals surface area contributed by atoms with Crippen molar-refractivity contribution in [2.75, 3.05) is 19.6 Å². The molecular weight excluding hydrogens is 262 g/mol. The van der Waals surface area contributed by atoms with Crippen LogP contribution in [-0.4, -0.2) is 36.6 Å². The average Bonchev–Trinajstić information content (AvgIpc) is 2.87. The van der Waals surface area contributed by atoms with E-state index in [1.807, 2.05) is 4.90 Å². The quantitative estimate of drug-likeness (QED) is 0.837. The Bertz CT molecular complexity index is 344. The van der Waals surface area contributed by atoms with Gasteiger partial charge in [-0.2, -0.15) is 0 Å². The number of nitrogens with zero attached hydrogens (tertiary/aromatic N) is 1. The van der Waals surface area contributed by atoms with Gasteiger partial charge in [0.25, 0.3) is 0 Å². The Morgan fingerprint density at radius 2 is 1.86 bits per heavy atom. The van der Waals surface area contributed by atoms with Gasteiger partial charge in [-0.15, -0.1) is 0 Å². The molecule has 2 fully saturated rings. The highest BCUT2D eigenvalue weighted by Crippen LogP contribution is 2.30. The molecule has 2 amide bonds. The largest absolute Gasteiger partial charge is 0.351 e. The molecule has 2 rings (SSSR count). The molecule has 1 saturated carbocycles. The van der Waals surface area contributed by atoms with E-state index in [1.165, 1.54) is 32.1 Å². The van der Waals surface area contributed by atoms with E-state index >= 15 is 0 Å². The van der Waals surface area contributed by atoms with Gasteiger partial charge in [0.1, 0.15) is 0 Å². The van der Waals surface area contributed by atoms with Gasteiger partial charge in [0.15, 0.2) is 0 Å². The van der Waals surface area contributed by atoms with Gasteiger partial charge in [-0.25, -0.2) is 4.79 Å². The molecule has 21 heavy (non-hydrogen) atoms. The van der Waals surface area contributed by atoms with Crippen LogP contribution in [0.5, 0.6) is 0 Å². The van der Waals surface area contributed by atoms with Gasteiger partial charge in [-0.3, -0.25) is 0 Å². The monoisotopic (exact) mass is 295 g/mol. The van der Waals surface area contributed by atoms with Gasteiger partial charge >= 0.3 is 6.03 Å². The zero-order valence-corrected chi connectivity index (χ0v) is 14.0.